The molecule has 3 heterocycles. The largest absolute Gasteiger partial charge is 0.354 e. The molecule has 0 saturated carbocycles. The number of anilines is 1. The predicted octanol–water partition coefficient (Wildman–Crippen LogP) is 3.15. The van der Waals surface area contributed by atoms with Crippen molar-refractivity contribution < 1.29 is 25.6 Å². The maximum absolute atomic E-state index is 15.0. The van der Waals surface area contributed by atoms with Gasteiger partial charge in [-0.05, 0) is 48.5 Å². The minimum Gasteiger partial charge on any atom is -0.312 e. The molecule has 0 atom stereocenters. The third-order valence-corrected chi connectivity index (χ3v) is 9.22. The van der Waals surface area contributed by atoms with E-state index in [0.29, 0.717) is 16.5 Å². The SMILES string of the molecule is CNS(=O)(=O)S(=O)(=O)Nc1nccc(Cc2cncc3c2ccn3-c2ccc(Cl)cc2F)c1F. The minimum absolute atomic E-state index is 0.0285. The lowest BCUT2D eigenvalue weighted by molar-refractivity contribution is 0.579. The van der Waals surface area contributed by atoms with Gasteiger partial charge in [0.2, 0.25) is 0 Å². The molecular formula is C20H16ClF2N5O4S2. The fraction of sp³-hybridized carbons (Fsp3) is 0.100. The van der Waals surface area contributed by atoms with Crippen molar-refractivity contribution in [3.8, 4) is 5.69 Å². The molecule has 0 radical (unpaired) electrons. The Morgan fingerprint density at radius 2 is 1.79 bits per heavy atom. The Morgan fingerprint density at radius 3 is 2.50 bits per heavy atom. The zero-order valence-corrected chi connectivity index (χ0v) is 19.7. The van der Waals surface area contributed by atoms with Gasteiger partial charge >= 0.3 is 18.1 Å². The molecule has 178 valence electrons. The summed E-state index contributed by atoms with van der Waals surface area (Å²) < 4.78 is 81.7. The molecular weight excluding hydrogens is 512 g/mol. The monoisotopic (exact) mass is 527 g/mol. The van der Waals surface area contributed by atoms with Gasteiger partial charge in [0.25, 0.3) is 0 Å². The van der Waals surface area contributed by atoms with Gasteiger partial charge in [0.05, 0.1) is 17.4 Å². The summed E-state index contributed by atoms with van der Waals surface area (Å²) in [4.78, 5) is 7.77. The number of halogens is 3. The van der Waals surface area contributed by atoms with Crippen LogP contribution in [0.4, 0.5) is 14.6 Å². The molecule has 0 fully saturated rings. The van der Waals surface area contributed by atoms with Gasteiger partial charge < -0.3 is 4.57 Å². The van der Waals surface area contributed by atoms with Gasteiger partial charge in [-0.1, -0.05) is 11.6 Å². The van der Waals surface area contributed by atoms with Gasteiger partial charge in [-0.3, -0.25) is 9.71 Å². The van der Waals surface area contributed by atoms with E-state index in [9.17, 15) is 21.2 Å². The first-order chi connectivity index (χ1) is 16.0. The maximum atomic E-state index is 15.0. The molecule has 0 amide bonds. The van der Waals surface area contributed by atoms with Crippen LogP contribution in [-0.4, -0.2) is 38.4 Å². The topological polar surface area (TPSA) is 123 Å². The molecule has 0 unspecified atom stereocenters. The molecule has 0 bridgehead atoms. The fourth-order valence-electron chi connectivity index (χ4n) is 3.32. The summed E-state index contributed by atoms with van der Waals surface area (Å²) in [5.41, 5.74) is 1.40. The predicted molar refractivity (Wildman–Crippen MR) is 124 cm³/mol. The van der Waals surface area contributed by atoms with Crippen molar-refractivity contribution in [1.82, 2.24) is 19.3 Å². The summed E-state index contributed by atoms with van der Waals surface area (Å²) in [7, 11) is -8.88. The lowest BCUT2D eigenvalue weighted by Crippen LogP contribution is -2.33. The van der Waals surface area contributed by atoms with Crippen LogP contribution in [-0.2, 0) is 24.5 Å². The minimum atomic E-state index is -5.00. The fourth-order valence-corrected chi connectivity index (χ4v) is 5.41. The van der Waals surface area contributed by atoms with E-state index in [2.05, 4.69) is 9.97 Å². The standard InChI is InChI=1S/C20H16ClF2N5O4S2/c1-24-33(29,30)34(31,32)27-20-19(23)12(4-6-26-20)8-13-10-25-11-18-15(13)5-7-28(18)17-3-2-14(21)9-16(17)22/h2-7,9-11,24H,8H2,1H3,(H,26,27). The van der Waals surface area contributed by atoms with E-state index in [-0.39, 0.29) is 22.7 Å². The van der Waals surface area contributed by atoms with Crippen LogP contribution in [0.15, 0.2) is 55.1 Å². The molecule has 0 saturated heterocycles. The Labute approximate surface area is 197 Å². The van der Waals surface area contributed by atoms with Gasteiger partial charge in [0.1, 0.15) is 5.82 Å². The van der Waals surface area contributed by atoms with E-state index >= 15 is 4.39 Å². The summed E-state index contributed by atoms with van der Waals surface area (Å²) in [5, 5.41) is 0.902. The first-order valence-electron chi connectivity index (χ1n) is 9.53. The summed E-state index contributed by atoms with van der Waals surface area (Å²) in [6.45, 7) is 0. The second kappa shape index (κ2) is 8.91. The van der Waals surface area contributed by atoms with Gasteiger partial charge in [0.15, 0.2) is 11.6 Å². The highest BCUT2D eigenvalue weighted by atomic mass is 35.5. The van der Waals surface area contributed by atoms with E-state index in [4.69, 9.17) is 11.6 Å². The van der Waals surface area contributed by atoms with E-state index < -0.39 is 35.6 Å². The third-order valence-electron chi connectivity index (χ3n) is 4.98. The zero-order valence-electron chi connectivity index (χ0n) is 17.3. The Bertz CT molecular complexity index is 1630. The summed E-state index contributed by atoms with van der Waals surface area (Å²) in [5.74, 6) is -2.35. The second-order valence-corrected chi connectivity index (χ2v) is 12.5. The van der Waals surface area contributed by atoms with Crippen LogP contribution in [0.2, 0.25) is 5.02 Å². The number of benzene rings is 1. The van der Waals surface area contributed by atoms with Crippen molar-refractivity contribution in [3.05, 3.63) is 82.9 Å². The number of nitrogens with one attached hydrogen (secondary N) is 2. The van der Waals surface area contributed by atoms with E-state index in [0.717, 1.165) is 13.2 Å². The molecule has 0 spiro atoms. The summed E-state index contributed by atoms with van der Waals surface area (Å²) >= 11 is 5.83. The number of nitrogens with zero attached hydrogens (tertiary/aromatic N) is 3. The molecule has 14 heteroatoms. The first kappa shape index (κ1) is 24.0. The van der Waals surface area contributed by atoms with Gasteiger partial charge in [-0.25, -0.2) is 18.5 Å². The number of pyridine rings is 2. The lowest BCUT2D eigenvalue weighted by atomic mass is 10.0. The Kier molecular flexibility index (Phi) is 6.29. The van der Waals surface area contributed by atoms with Crippen molar-refractivity contribution in [2.75, 3.05) is 11.8 Å². The number of hydrogen-bond donors (Lipinski definition) is 2. The van der Waals surface area contributed by atoms with Crippen LogP contribution < -0.4 is 9.44 Å². The quantitative estimate of drug-likeness (QED) is 0.356. The van der Waals surface area contributed by atoms with Crippen molar-refractivity contribution in [3.63, 3.8) is 0 Å². The molecule has 3 aromatic heterocycles. The maximum Gasteiger partial charge on any atom is 0.354 e. The molecule has 4 rings (SSSR count). The van der Waals surface area contributed by atoms with Crippen molar-refractivity contribution in [1.29, 1.82) is 0 Å². The highest BCUT2D eigenvalue weighted by Gasteiger charge is 2.30. The Hall–Kier alpha value is -3.13. The van der Waals surface area contributed by atoms with Crippen LogP contribution >= 0.6 is 11.6 Å². The zero-order chi connectivity index (χ0) is 24.7. The number of fused-ring (bicyclic) bond motifs is 1. The summed E-state index contributed by atoms with van der Waals surface area (Å²) in [6.07, 6.45) is 5.77. The van der Waals surface area contributed by atoms with Crippen LogP contribution in [0, 0.1) is 11.6 Å². The van der Waals surface area contributed by atoms with E-state index in [1.54, 1.807) is 32.3 Å². The Balaban J connectivity index is 1.72. The van der Waals surface area contributed by atoms with Gasteiger partial charge in [0, 0.05) is 35.4 Å². The molecule has 0 aliphatic rings. The van der Waals surface area contributed by atoms with E-state index in [1.807, 2.05) is 0 Å². The van der Waals surface area contributed by atoms with Crippen LogP contribution in [0.25, 0.3) is 16.6 Å². The lowest BCUT2D eigenvalue weighted by Gasteiger charge is -2.11. The third kappa shape index (κ3) is 4.34. The van der Waals surface area contributed by atoms with Crippen LogP contribution in [0.1, 0.15) is 11.1 Å². The molecule has 4 aromatic rings. The number of rotatable bonds is 7. The molecule has 2 N–H and O–H groups in total. The smallest absolute Gasteiger partial charge is 0.312 e. The van der Waals surface area contributed by atoms with Crippen LogP contribution in [0.5, 0.6) is 0 Å². The molecule has 9 nitrogen and oxygen atoms in total. The number of hydrogen-bond acceptors (Lipinski definition) is 6. The average molecular weight is 528 g/mol. The normalized spacial score (nSPS) is 12.2. The first-order valence-corrected chi connectivity index (χ1v) is 13.4. The number of aromatic nitrogens is 3. The van der Waals surface area contributed by atoms with Crippen molar-refractivity contribution in [2.45, 2.75) is 6.42 Å². The van der Waals surface area contributed by atoms with Gasteiger partial charge in [-0.15, -0.1) is 0 Å². The summed E-state index contributed by atoms with van der Waals surface area (Å²) in [6, 6.07) is 7.29. The Morgan fingerprint density at radius 1 is 1.03 bits per heavy atom. The molecule has 0 aliphatic heterocycles. The average Bonchev–Trinajstić information content (AvgIpc) is 3.21. The second-order valence-electron chi connectivity index (χ2n) is 7.04. The molecule has 1 aromatic carbocycles. The van der Waals surface area contributed by atoms with Gasteiger partial charge in [-0.2, -0.15) is 16.8 Å². The highest BCUT2D eigenvalue weighted by molar-refractivity contribution is 8.66. The van der Waals surface area contributed by atoms with Crippen molar-refractivity contribution >= 4 is 46.4 Å². The van der Waals surface area contributed by atoms with E-state index in [1.165, 1.54) is 30.6 Å². The van der Waals surface area contributed by atoms with Crippen molar-refractivity contribution in [2.24, 2.45) is 0 Å². The molecule has 34 heavy (non-hydrogen) atoms. The van der Waals surface area contributed by atoms with Crippen LogP contribution in [0.3, 0.4) is 0 Å². The highest BCUT2D eigenvalue weighted by Crippen LogP contribution is 2.28. The molecule has 0 aliphatic carbocycles.